The molecule has 0 spiro atoms. The van der Waals surface area contributed by atoms with E-state index >= 15 is 0 Å². The standard InChI is InChI=1S/C25H45NO3/c1-6-20(16(2)7-10-23(29)26-5)25(4)15-17-8-9-18-13-19(27)11-12-24(18,3)21(17)14-22(25)28/h16-22,27-28H,6-15H2,1-5H3,(H,26,29)/t16-,17+,18-,19-,20-,21-,22+,24+,25+/m1/s1. The average molecular weight is 408 g/mol. The molecule has 0 aliphatic heterocycles. The Morgan fingerprint density at radius 3 is 2.55 bits per heavy atom. The first-order chi connectivity index (χ1) is 13.7. The number of hydrogen-bond acceptors (Lipinski definition) is 3. The quantitative estimate of drug-likeness (QED) is 0.606. The number of aliphatic hydroxyl groups is 2. The molecule has 4 nitrogen and oxygen atoms in total. The topological polar surface area (TPSA) is 69.6 Å². The zero-order valence-electron chi connectivity index (χ0n) is 19.4. The fourth-order valence-corrected chi connectivity index (χ4v) is 8.01. The second-order valence-electron chi connectivity index (χ2n) is 11.2. The lowest BCUT2D eigenvalue weighted by molar-refractivity contribution is -0.159. The van der Waals surface area contributed by atoms with E-state index < -0.39 is 0 Å². The molecule has 4 heteroatoms. The molecular formula is C25H45NO3. The van der Waals surface area contributed by atoms with Gasteiger partial charge in [0.15, 0.2) is 0 Å². The van der Waals surface area contributed by atoms with Crippen molar-refractivity contribution in [3.05, 3.63) is 0 Å². The van der Waals surface area contributed by atoms with Gasteiger partial charge in [0.25, 0.3) is 0 Å². The molecule has 0 bridgehead atoms. The normalized spacial score (nSPS) is 44.3. The Morgan fingerprint density at radius 1 is 1.17 bits per heavy atom. The maximum Gasteiger partial charge on any atom is 0.219 e. The third kappa shape index (κ3) is 4.26. The smallest absolute Gasteiger partial charge is 0.219 e. The molecule has 0 aromatic heterocycles. The maximum atomic E-state index is 11.7. The molecular weight excluding hydrogens is 362 g/mol. The van der Waals surface area contributed by atoms with Crippen molar-refractivity contribution in [1.82, 2.24) is 5.32 Å². The van der Waals surface area contributed by atoms with E-state index in [1.807, 2.05) is 0 Å². The van der Waals surface area contributed by atoms with Gasteiger partial charge in [-0.05, 0) is 91.8 Å². The van der Waals surface area contributed by atoms with Gasteiger partial charge < -0.3 is 15.5 Å². The van der Waals surface area contributed by atoms with Crippen LogP contribution in [0.15, 0.2) is 0 Å². The number of fused-ring (bicyclic) bond motifs is 3. The lowest BCUT2D eigenvalue weighted by Gasteiger charge is -2.61. The summed E-state index contributed by atoms with van der Waals surface area (Å²) in [4.78, 5) is 11.7. The highest BCUT2D eigenvalue weighted by molar-refractivity contribution is 5.75. The van der Waals surface area contributed by atoms with Gasteiger partial charge in [0, 0.05) is 13.5 Å². The second-order valence-corrected chi connectivity index (χ2v) is 11.2. The molecule has 0 aromatic carbocycles. The summed E-state index contributed by atoms with van der Waals surface area (Å²) in [6.07, 6.45) is 9.68. The molecule has 0 heterocycles. The Kier molecular flexibility index (Phi) is 7.05. The molecule has 29 heavy (non-hydrogen) atoms. The Bertz CT molecular complexity index is 580. The van der Waals surface area contributed by atoms with E-state index in [0.29, 0.717) is 36.0 Å². The van der Waals surface area contributed by atoms with Gasteiger partial charge in [-0.15, -0.1) is 0 Å². The molecule has 0 saturated heterocycles. The van der Waals surface area contributed by atoms with E-state index in [2.05, 4.69) is 33.0 Å². The molecule has 0 radical (unpaired) electrons. The van der Waals surface area contributed by atoms with Gasteiger partial charge in [0.05, 0.1) is 12.2 Å². The van der Waals surface area contributed by atoms with Gasteiger partial charge in [-0.1, -0.05) is 34.1 Å². The summed E-state index contributed by atoms with van der Waals surface area (Å²) in [6, 6.07) is 0. The van der Waals surface area contributed by atoms with E-state index in [1.54, 1.807) is 7.05 Å². The Balaban J connectivity index is 1.75. The highest BCUT2D eigenvalue weighted by Crippen LogP contribution is 2.63. The monoisotopic (exact) mass is 407 g/mol. The average Bonchev–Trinajstić information content (AvgIpc) is 2.68. The van der Waals surface area contributed by atoms with Crippen molar-refractivity contribution in [1.29, 1.82) is 0 Å². The third-order valence-corrected chi connectivity index (χ3v) is 9.83. The van der Waals surface area contributed by atoms with Crippen LogP contribution in [0.3, 0.4) is 0 Å². The molecule has 3 saturated carbocycles. The molecule has 168 valence electrons. The summed E-state index contributed by atoms with van der Waals surface area (Å²) in [5.74, 6) is 2.91. The molecule has 0 unspecified atom stereocenters. The van der Waals surface area contributed by atoms with Gasteiger partial charge in [-0.2, -0.15) is 0 Å². The largest absolute Gasteiger partial charge is 0.393 e. The summed E-state index contributed by atoms with van der Waals surface area (Å²) in [6.45, 7) is 9.32. The minimum atomic E-state index is -0.265. The molecule has 3 aliphatic rings. The number of nitrogens with one attached hydrogen (secondary N) is 1. The zero-order valence-corrected chi connectivity index (χ0v) is 19.4. The molecule has 3 N–H and O–H groups in total. The minimum absolute atomic E-state index is 0.0601. The highest BCUT2D eigenvalue weighted by Gasteiger charge is 2.57. The molecule has 1 amide bonds. The van der Waals surface area contributed by atoms with Crippen LogP contribution in [0.1, 0.15) is 91.9 Å². The Hall–Kier alpha value is -0.610. The van der Waals surface area contributed by atoms with Crippen LogP contribution in [0.2, 0.25) is 0 Å². The van der Waals surface area contributed by atoms with Crippen LogP contribution < -0.4 is 5.32 Å². The predicted octanol–water partition coefficient (Wildman–Crippen LogP) is 4.53. The maximum absolute atomic E-state index is 11.7. The summed E-state index contributed by atoms with van der Waals surface area (Å²) in [5.41, 5.74) is 0.229. The second kappa shape index (κ2) is 8.86. The molecule has 3 aliphatic carbocycles. The van der Waals surface area contributed by atoms with Crippen molar-refractivity contribution in [3.63, 3.8) is 0 Å². The lowest BCUT2D eigenvalue weighted by Crippen LogP contribution is -2.56. The van der Waals surface area contributed by atoms with Crippen LogP contribution in [-0.2, 0) is 4.79 Å². The number of rotatable bonds is 6. The zero-order chi connectivity index (χ0) is 21.4. The number of carbonyl (C=O) groups is 1. The number of aliphatic hydroxyl groups excluding tert-OH is 2. The van der Waals surface area contributed by atoms with E-state index in [0.717, 1.165) is 44.9 Å². The predicted molar refractivity (Wildman–Crippen MR) is 117 cm³/mol. The van der Waals surface area contributed by atoms with E-state index in [-0.39, 0.29) is 28.9 Å². The fraction of sp³-hybridized carbons (Fsp3) is 0.960. The first kappa shape index (κ1) is 23.1. The van der Waals surface area contributed by atoms with Gasteiger partial charge in [-0.25, -0.2) is 0 Å². The molecule has 9 atom stereocenters. The van der Waals surface area contributed by atoms with E-state index in [4.69, 9.17) is 0 Å². The van der Waals surface area contributed by atoms with E-state index in [9.17, 15) is 15.0 Å². The Labute approximate surface area is 178 Å². The van der Waals surface area contributed by atoms with Gasteiger partial charge in [0.2, 0.25) is 5.91 Å². The van der Waals surface area contributed by atoms with Crippen molar-refractivity contribution in [3.8, 4) is 0 Å². The van der Waals surface area contributed by atoms with Gasteiger partial charge in [0.1, 0.15) is 0 Å². The van der Waals surface area contributed by atoms with Crippen molar-refractivity contribution >= 4 is 5.91 Å². The lowest BCUT2D eigenvalue weighted by atomic mass is 9.45. The van der Waals surface area contributed by atoms with Crippen LogP contribution in [0.5, 0.6) is 0 Å². The van der Waals surface area contributed by atoms with Gasteiger partial charge >= 0.3 is 0 Å². The van der Waals surface area contributed by atoms with Crippen LogP contribution in [-0.4, -0.2) is 35.4 Å². The van der Waals surface area contributed by atoms with Crippen LogP contribution in [0.4, 0.5) is 0 Å². The fourth-order valence-electron chi connectivity index (χ4n) is 8.01. The first-order valence-electron chi connectivity index (χ1n) is 12.2. The molecule has 0 aromatic rings. The molecule has 3 fully saturated rings. The van der Waals surface area contributed by atoms with Crippen molar-refractivity contribution < 1.29 is 15.0 Å². The summed E-state index contributed by atoms with van der Waals surface area (Å²) in [5, 5.41) is 24.4. The van der Waals surface area contributed by atoms with Crippen LogP contribution in [0.25, 0.3) is 0 Å². The minimum Gasteiger partial charge on any atom is -0.393 e. The van der Waals surface area contributed by atoms with Crippen LogP contribution in [0, 0.1) is 40.4 Å². The van der Waals surface area contributed by atoms with Crippen molar-refractivity contribution in [2.75, 3.05) is 7.05 Å². The summed E-state index contributed by atoms with van der Waals surface area (Å²) in [7, 11) is 1.71. The number of hydrogen-bond donors (Lipinski definition) is 3. The van der Waals surface area contributed by atoms with Crippen molar-refractivity contribution in [2.24, 2.45) is 40.4 Å². The number of carbonyl (C=O) groups excluding carboxylic acids is 1. The van der Waals surface area contributed by atoms with Crippen molar-refractivity contribution in [2.45, 2.75) is 104 Å². The third-order valence-electron chi connectivity index (χ3n) is 9.83. The van der Waals surface area contributed by atoms with Crippen LogP contribution >= 0.6 is 0 Å². The summed E-state index contributed by atoms with van der Waals surface area (Å²) >= 11 is 0. The van der Waals surface area contributed by atoms with Gasteiger partial charge in [-0.3, -0.25) is 4.79 Å². The molecule has 3 rings (SSSR count). The number of amides is 1. The highest BCUT2D eigenvalue weighted by atomic mass is 16.3. The van der Waals surface area contributed by atoms with E-state index in [1.165, 1.54) is 12.8 Å². The summed E-state index contributed by atoms with van der Waals surface area (Å²) < 4.78 is 0. The first-order valence-corrected chi connectivity index (χ1v) is 12.2. The SMILES string of the molecule is CC[C@H]([C@H](C)CCC(=O)NC)[C@]1(C)C[C@@H]2CC[C@@H]3C[C@H](O)CC[C@]3(C)[C@@H]2C[C@@H]1O. The Morgan fingerprint density at radius 2 is 1.90 bits per heavy atom.